The molecule has 0 aliphatic rings. The monoisotopic (exact) mass is 547 g/mol. The molecule has 13 heteroatoms. The summed E-state index contributed by atoms with van der Waals surface area (Å²) in [5, 5.41) is 7.97. The highest BCUT2D eigenvalue weighted by molar-refractivity contribution is 5.69. The zero-order valence-corrected chi connectivity index (χ0v) is 24.2. The molecule has 0 aliphatic carbocycles. The van der Waals surface area contributed by atoms with Gasteiger partial charge in [0.25, 0.3) is 0 Å². The summed E-state index contributed by atoms with van der Waals surface area (Å²) in [6.07, 6.45) is 0.571. The molecule has 38 heavy (non-hydrogen) atoms. The SMILES string of the molecule is CCCCNC(=O)OCCN(CCOC(=O)NCCCC)CC(CNC(=O)OC(C)(C)C)OC(=O)N(C)C. The van der Waals surface area contributed by atoms with E-state index in [2.05, 4.69) is 16.0 Å². The maximum absolute atomic E-state index is 12.3. The lowest BCUT2D eigenvalue weighted by Gasteiger charge is -2.28. The van der Waals surface area contributed by atoms with E-state index in [1.54, 1.807) is 34.9 Å². The summed E-state index contributed by atoms with van der Waals surface area (Å²) in [7, 11) is 3.10. The molecule has 0 radical (unpaired) electrons. The van der Waals surface area contributed by atoms with E-state index in [4.69, 9.17) is 18.9 Å². The molecule has 4 amide bonds. The smallest absolute Gasteiger partial charge is 0.409 e. The first-order valence-electron chi connectivity index (χ1n) is 13.3. The molecule has 1 unspecified atom stereocenters. The summed E-state index contributed by atoms with van der Waals surface area (Å²) in [6.45, 7) is 11.2. The molecule has 0 aromatic carbocycles. The topological polar surface area (TPSA) is 148 Å². The minimum Gasteiger partial charge on any atom is -0.448 e. The number of ether oxygens (including phenoxy) is 4. The first-order chi connectivity index (χ1) is 17.9. The van der Waals surface area contributed by atoms with E-state index in [0.717, 1.165) is 25.7 Å². The highest BCUT2D eigenvalue weighted by atomic mass is 16.6. The molecular formula is C25H49N5O8. The van der Waals surface area contributed by atoms with Crippen LogP contribution in [0.2, 0.25) is 0 Å². The average molecular weight is 548 g/mol. The van der Waals surface area contributed by atoms with Crippen LogP contribution in [0.25, 0.3) is 0 Å². The number of rotatable bonds is 17. The molecule has 0 saturated carbocycles. The summed E-state index contributed by atoms with van der Waals surface area (Å²) in [6, 6.07) is 0. The number of nitrogens with one attached hydrogen (secondary N) is 3. The fourth-order valence-corrected chi connectivity index (χ4v) is 2.86. The van der Waals surface area contributed by atoms with Gasteiger partial charge in [-0.25, -0.2) is 19.2 Å². The molecule has 13 nitrogen and oxygen atoms in total. The van der Waals surface area contributed by atoms with Crippen molar-refractivity contribution in [3.05, 3.63) is 0 Å². The molecule has 3 N–H and O–H groups in total. The number of carbonyl (C=O) groups excluding carboxylic acids is 4. The molecule has 0 aliphatic heterocycles. The predicted molar refractivity (Wildman–Crippen MR) is 143 cm³/mol. The Hall–Kier alpha value is -2.96. The van der Waals surface area contributed by atoms with Gasteiger partial charge >= 0.3 is 24.4 Å². The second-order valence-corrected chi connectivity index (χ2v) is 9.92. The van der Waals surface area contributed by atoms with E-state index in [-0.39, 0.29) is 39.4 Å². The van der Waals surface area contributed by atoms with E-state index >= 15 is 0 Å². The highest BCUT2D eigenvalue weighted by Gasteiger charge is 2.23. The molecule has 0 heterocycles. The highest BCUT2D eigenvalue weighted by Crippen LogP contribution is 2.07. The zero-order valence-electron chi connectivity index (χ0n) is 24.2. The molecular weight excluding hydrogens is 498 g/mol. The zero-order chi connectivity index (χ0) is 29.0. The Labute approximate surface area is 227 Å². The Bertz CT molecular complexity index is 672. The van der Waals surface area contributed by atoms with Crippen LogP contribution in [0, 0.1) is 0 Å². The third kappa shape index (κ3) is 20.1. The van der Waals surface area contributed by atoms with Crippen molar-refractivity contribution in [3.8, 4) is 0 Å². The Balaban J connectivity index is 5.17. The fourth-order valence-electron chi connectivity index (χ4n) is 2.86. The van der Waals surface area contributed by atoms with Gasteiger partial charge < -0.3 is 39.8 Å². The second-order valence-electron chi connectivity index (χ2n) is 9.92. The molecule has 0 spiro atoms. The van der Waals surface area contributed by atoms with Crippen LogP contribution in [0.15, 0.2) is 0 Å². The molecule has 1 atom stereocenters. The molecule has 0 bridgehead atoms. The average Bonchev–Trinajstić information content (AvgIpc) is 2.81. The number of alkyl carbamates (subject to hydrolysis) is 3. The molecule has 0 aromatic heterocycles. The third-order valence-corrected chi connectivity index (χ3v) is 4.85. The van der Waals surface area contributed by atoms with Gasteiger partial charge in [0.2, 0.25) is 0 Å². The first-order valence-corrected chi connectivity index (χ1v) is 13.3. The standard InChI is InChI=1S/C25H49N5O8/c1-8-10-12-26-21(31)35-16-14-30(15-17-36-22(32)27-13-11-9-2)19-20(37-24(34)29(6)7)18-28-23(33)38-25(3,4)5/h20H,8-19H2,1-7H3,(H,26,31)(H,27,32)(H,28,33). The number of nitrogens with zero attached hydrogens (tertiary/aromatic N) is 2. The van der Waals surface area contributed by atoms with Crippen LogP contribution < -0.4 is 16.0 Å². The Morgan fingerprint density at radius 1 is 0.789 bits per heavy atom. The Morgan fingerprint density at radius 3 is 1.71 bits per heavy atom. The predicted octanol–water partition coefficient (Wildman–Crippen LogP) is 2.93. The lowest BCUT2D eigenvalue weighted by atomic mass is 10.2. The number of hydrogen-bond donors (Lipinski definition) is 3. The van der Waals surface area contributed by atoms with Crippen LogP contribution in [0.3, 0.4) is 0 Å². The lowest BCUT2D eigenvalue weighted by Crippen LogP contribution is -2.46. The summed E-state index contributed by atoms with van der Waals surface area (Å²) >= 11 is 0. The number of unbranched alkanes of at least 4 members (excludes halogenated alkanes) is 2. The molecule has 222 valence electrons. The van der Waals surface area contributed by atoms with Gasteiger partial charge in [0.05, 0.1) is 6.54 Å². The quantitative estimate of drug-likeness (QED) is 0.185. The number of carbonyl (C=O) groups is 4. The van der Waals surface area contributed by atoms with Crippen molar-refractivity contribution in [2.75, 3.05) is 66.6 Å². The van der Waals surface area contributed by atoms with E-state index in [1.165, 1.54) is 4.90 Å². The lowest BCUT2D eigenvalue weighted by molar-refractivity contribution is 0.0305. The van der Waals surface area contributed by atoms with Gasteiger partial charge in [-0.3, -0.25) is 4.90 Å². The van der Waals surface area contributed by atoms with Gasteiger partial charge in [0.1, 0.15) is 24.9 Å². The first kappa shape index (κ1) is 35.0. The van der Waals surface area contributed by atoms with Gasteiger partial charge in [0.15, 0.2) is 0 Å². The van der Waals surface area contributed by atoms with Crippen LogP contribution in [-0.2, 0) is 18.9 Å². The summed E-state index contributed by atoms with van der Waals surface area (Å²) < 4.78 is 21.3. The van der Waals surface area contributed by atoms with E-state index in [0.29, 0.717) is 13.1 Å². The van der Waals surface area contributed by atoms with Crippen molar-refractivity contribution >= 4 is 24.4 Å². The van der Waals surface area contributed by atoms with E-state index in [1.807, 2.05) is 18.7 Å². The van der Waals surface area contributed by atoms with Crippen molar-refractivity contribution in [3.63, 3.8) is 0 Å². The van der Waals surface area contributed by atoms with Crippen molar-refractivity contribution in [1.82, 2.24) is 25.8 Å². The van der Waals surface area contributed by atoms with Crippen molar-refractivity contribution in [2.24, 2.45) is 0 Å². The third-order valence-electron chi connectivity index (χ3n) is 4.85. The number of hydrogen-bond acceptors (Lipinski definition) is 9. The summed E-state index contributed by atoms with van der Waals surface area (Å²) in [4.78, 5) is 51.3. The largest absolute Gasteiger partial charge is 0.448 e. The summed E-state index contributed by atoms with van der Waals surface area (Å²) in [5.41, 5.74) is -0.685. The van der Waals surface area contributed by atoms with E-state index < -0.39 is 36.1 Å². The van der Waals surface area contributed by atoms with Crippen LogP contribution in [-0.4, -0.2) is 112 Å². The molecule has 0 fully saturated rings. The summed E-state index contributed by atoms with van der Waals surface area (Å²) in [5.74, 6) is 0. The van der Waals surface area contributed by atoms with Crippen molar-refractivity contribution in [2.45, 2.75) is 72.0 Å². The Morgan fingerprint density at radius 2 is 1.29 bits per heavy atom. The molecule has 0 aromatic rings. The van der Waals surface area contributed by atoms with Crippen molar-refractivity contribution < 1.29 is 38.1 Å². The van der Waals surface area contributed by atoms with Gasteiger partial charge in [-0.2, -0.15) is 0 Å². The Kier molecular flexibility index (Phi) is 18.5. The van der Waals surface area contributed by atoms with Gasteiger partial charge in [-0.1, -0.05) is 26.7 Å². The fraction of sp³-hybridized carbons (Fsp3) is 0.840. The van der Waals surface area contributed by atoms with Crippen molar-refractivity contribution in [1.29, 1.82) is 0 Å². The minimum absolute atomic E-state index is 0.0122. The van der Waals surface area contributed by atoms with Gasteiger partial charge in [-0.15, -0.1) is 0 Å². The van der Waals surface area contributed by atoms with Gasteiger partial charge in [0, 0.05) is 46.8 Å². The van der Waals surface area contributed by atoms with Crippen LogP contribution in [0.1, 0.15) is 60.3 Å². The maximum atomic E-state index is 12.3. The second kappa shape index (κ2) is 20.1. The van der Waals surface area contributed by atoms with Crippen LogP contribution in [0.4, 0.5) is 19.2 Å². The maximum Gasteiger partial charge on any atom is 0.409 e. The molecule has 0 rings (SSSR count). The van der Waals surface area contributed by atoms with Crippen LogP contribution in [0.5, 0.6) is 0 Å². The van der Waals surface area contributed by atoms with E-state index in [9.17, 15) is 19.2 Å². The van der Waals surface area contributed by atoms with Crippen LogP contribution >= 0.6 is 0 Å². The van der Waals surface area contributed by atoms with Gasteiger partial charge in [-0.05, 0) is 33.6 Å². The normalized spacial score (nSPS) is 11.8. The molecule has 0 saturated heterocycles. The number of amides is 4. The minimum atomic E-state index is -0.755.